The molecule has 128 valence electrons. The maximum Gasteiger partial charge on any atom is 0.266 e. The van der Waals surface area contributed by atoms with Crippen LogP contribution in [0.2, 0.25) is 5.02 Å². The second-order valence-electron chi connectivity index (χ2n) is 5.20. The zero-order chi connectivity index (χ0) is 18.4. The van der Waals surface area contributed by atoms with Gasteiger partial charge in [0, 0.05) is 10.7 Å². The summed E-state index contributed by atoms with van der Waals surface area (Å²) in [7, 11) is 3.07. The smallest absolute Gasteiger partial charge is 0.266 e. The van der Waals surface area contributed by atoms with Gasteiger partial charge in [-0.15, -0.1) is 0 Å². The highest BCUT2D eigenvalue weighted by molar-refractivity contribution is 6.31. The first-order valence-corrected chi connectivity index (χ1v) is 7.77. The summed E-state index contributed by atoms with van der Waals surface area (Å²) in [5.74, 6) is 0.588. The van der Waals surface area contributed by atoms with Crippen LogP contribution in [0.25, 0.3) is 6.08 Å². The topological polar surface area (TPSA) is 71.3 Å². The van der Waals surface area contributed by atoms with Crippen molar-refractivity contribution in [2.45, 2.75) is 6.92 Å². The van der Waals surface area contributed by atoms with E-state index in [1.807, 2.05) is 13.0 Å². The van der Waals surface area contributed by atoms with Crippen molar-refractivity contribution in [1.29, 1.82) is 5.26 Å². The number of benzene rings is 2. The van der Waals surface area contributed by atoms with Crippen molar-refractivity contribution in [3.05, 3.63) is 58.1 Å². The first-order chi connectivity index (χ1) is 12.0. The normalized spacial score (nSPS) is 10.8. The van der Waals surface area contributed by atoms with Crippen molar-refractivity contribution in [3.8, 4) is 17.6 Å². The lowest BCUT2D eigenvalue weighted by Crippen LogP contribution is -2.13. The summed E-state index contributed by atoms with van der Waals surface area (Å²) in [5, 5.41) is 12.5. The lowest BCUT2D eigenvalue weighted by Gasteiger charge is -2.11. The van der Waals surface area contributed by atoms with Gasteiger partial charge in [-0.1, -0.05) is 17.7 Å². The third-order valence-electron chi connectivity index (χ3n) is 3.52. The van der Waals surface area contributed by atoms with Gasteiger partial charge in [0.05, 0.1) is 14.2 Å². The third-order valence-corrected chi connectivity index (χ3v) is 3.75. The molecule has 25 heavy (non-hydrogen) atoms. The SMILES string of the molecule is COc1cc(C)c(C=C(C#N)C(=O)Nc2cccc(Cl)c2)cc1OC. The second kappa shape index (κ2) is 8.22. The number of halogens is 1. The molecule has 1 amide bonds. The number of carbonyl (C=O) groups is 1. The van der Waals surface area contributed by atoms with Crippen LogP contribution in [0, 0.1) is 18.3 Å². The number of methoxy groups -OCH3 is 2. The zero-order valence-corrected chi connectivity index (χ0v) is 14.8. The van der Waals surface area contributed by atoms with E-state index in [-0.39, 0.29) is 5.57 Å². The van der Waals surface area contributed by atoms with Gasteiger partial charge in [-0.05, 0) is 54.5 Å². The van der Waals surface area contributed by atoms with Gasteiger partial charge >= 0.3 is 0 Å². The Labute approximate surface area is 151 Å². The molecule has 0 radical (unpaired) electrons. The summed E-state index contributed by atoms with van der Waals surface area (Å²) < 4.78 is 10.5. The Bertz CT molecular complexity index is 869. The van der Waals surface area contributed by atoms with E-state index in [0.717, 1.165) is 5.56 Å². The molecule has 2 aromatic carbocycles. The molecule has 6 heteroatoms. The molecule has 0 saturated carbocycles. The number of nitrogens with zero attached hydrogens (tertiary/aromatic N) is 1. The predicted molar refractivity (Wildman–Crippen MR) is 98.0 cm³/mol. The standard InChI is InChI=1S/C19H17ClN2O3/c1-12-7-17(24-2)18(25-3)9-13(12)8-14(11-21)19(23)22-16-6-4-5-15(20)10-16/h4-10H,1-3H3,(H,22,23). The van der Waals surface area contributed by atoms with Crippen molar-refractivity contribution >= 4 is 29.3 Å². The van der Waals surface area contributed by atoms with Gasteiger partial charge in [-0.3, -0.25) is 4.79 Å². The quantitative estimate of drug-likeness (QED) is 0.643. The number of anilines is 1. The minimum atomic E-state index is -0.515. The van der Waals surface area contributed by atoms with Crippen molar-refractivity contribution in [2.24, 2.45) is 0 Å². The first-order valence-electron chi connectivity index (χ1n) is 7.39. The molecule has 0 fully saturated rings. The number of amides is 1. The summed E-state index contributed by atoms with van der Waals surface area (Å²) >= 11 is 5.90. The maximum atomic E-state index is 12.3. The second-order valence-corrected chi connectivity index (χ2v) is 5.63. The fourth-order valence-corrected chi connectivity index (χ4v) is 2.41. The molecular weight excluding hydrogens is 340 g/mol. The van der Waals surface area contributed by atoms with Crippen LogP contribution >= 0.6 is 11.6 Å². The van der Waals surface area contributed by atoms with Crippen molar-refractivity contribution in [3.63, 3.8) is 0 Å². The molecule has 0 aliphatic heterocycles. The van der Waals surface area contributed by atoms with Gasteiger partial charge in [-0.25, -0.2) is 0 Å². The van der Waals surface area contributed by atoms with Crippen molar-refractivity contribution in [1.82, 2.24) is 0 Å². The highest BCUT2D eigenvalue weighted by Crippen LogP contribution is 2.31. The summed E-state index contributed by atoms with van der Waals surface area (Å²) in [6.45, 7) is 1.86. The Balaban J connectivity index is 2.34. The number of rotatable bonds is 5. The minimum Gasteiger partial charge on any atom is -0.493 e. The molecule has 0 heterocycles. The molecular formula is C19H17ClN2O3. The van der Waals surface area contributed by atoms with Crippen molar-refractivity contribution in [2.75, 3.05) is 19.5 Å². The summed E-state index contributed by atoms with van der Waals surface area (Å²) in [6.07, 6.45) is 1.51. The van der Waals surface area contributed by atoms with Crippen LogP contribution in [0.3, 0.4) is 0 Å². The Kier molecular flexibility index (Phi) is 6.04. The Morgan fingerprint density at radius 2 is 1.88 bits per heavy atom. The van der Waals surface area contributed by atoms with E-state index in [2.05, 4.69) is 5.32 Å². The van der Waals surface area contributed by atoms with Crippen molar-refractivity contribution < 1.29 is 14.3 Å². The number of ether oxygens (including phenoxy) is 2. The monoisotopic (exact) mass is 356 g/mol. The van der Waals surface area contributed by atoms with E-state index in [1.54, 1.807) is 43.5 Å². The van der Waals surface area contributed by atoms with Crippen LogP contribution in [0.1, 0.15) is 11.1 Å². The molecule has 0 unspecified atom stereocenters. The van der Waals surface area contributed by atoms with Crippen LogP contribution < -0.4 is 14.8 Å². The first kappa shape index (κ1) is 18.4. The van der Waals surface area contributed by atoms with Gasteiger partial charge in [0.2, 0.25) is 0 Å². The van der Waals surface area contributed by atoms with Gasteiger partial charge in [0.1, 0.15) is 11.6 Å². The van der Waals surface area contributed by atoms with E-state index >= 15 is 0 Å². The Morgan fingerprint density at radius 1 is 1.20 bits per heavy atom. The fraction of sp³-hybridized carbons (Fsp3) is 0.158. The molecule has 1 N–H and O–H groups in total. The van der Waals surface area contributed by atoms with E-state index in [4.69, 9.17) is 21.1 Å². The zero-order valence-electron chi connectivity index (χ0n) is 14.1. The summed E-state index contributed by atoms with van der Waals surface area (Å²) in [6, 6.07) is 12.1. The van der Waals surface area contributed by atoms with E-state index in [9.17, 15) is 10.1 Å². The third kappa shape index (κ3) is 4.52. The largest absolute Gasteiger partial charge is 0.493 e. The lowest BCUT2D eigenvalue weighted by atomic mass is 10.0. The molecule has 0 spiro atoms. The van der Waals surface area contributed by atoms with Crippen LogP contribution in [0.15, 0.2) is 42.0 Å². The van der Waals surface area contributed by atoms with Crippen LogP contribution in [0.4, 0.5) is 5.69 Å². The van der Waals surface area contributed by atoms with E-state index in [1.165, 1.54) is 13.2 Å². The predicted octanol–water partition coefficient (Wildman–Crippen LogP) is 4.21. The number of aryl methyl sites for hydroxylation is 1. The van der Waals surface area contributed by atoms with Crippen LogP contribution in [-0.2, 0) is 4.79 Å². The molecule has 0 aliphatic rings. The Morgan fingerprint density at radius 3 is 2.48 bits per heavy atom. The van der Waals surface area contributed by atoms with Gasteiger partial charge in [0.25, 0.3) is 5.91 Å². The molecule has 0 aromatic heterocycles. The molecule has 5 nitrogen and oxygen atoms in total. The van der Waals surface area contributed by atoms with Gasteiger partial charge in [0.15, 0.2) is 11.5 Å². The number of carbonyl (C=O) groups excluding carboxylic acids is 1. The van der Waals surface area contributed by atoms with Crippen LogP contribution in [-0.4, -0.2) is 20.1 Å². The lowest BCUT2D eigenvalue weighted by molar-refractivity contribution is -0.112. The summed E-state index contributed by atoms with van der Waals surface area (Å²) in [4.78, 5) is 12.3. The number of hydrogen-bond acceptors (Lipinski definition) is 4. The maximum absolute atomic E-state index is 12.3. The molecule has 0 atom stereocenters. The van der Waals surface area contributed by atoms with E-state index in [0.29, 0.717) is 27.8 Å². The molecule has 0 bridgehead atoms. The average molecular weight is 357 g/mol. The molecule has 0 aliphatic carbocycles. The number of hydrogen-bond donors (Lipinski definition) is 1. The highest BCUT2D eigenvalue weighted by Gasteiger charge is 2.13. The average Bonchev–Trinajstić information content (AvgIpc) is 2.60. The molecule has 0 saturated heterocycles. The minimum absolute atomic E-state index is 0.0321. The highest BCUT2D eigenvalue weighted by atomic mass is 35.5. The van der Waals surface area contributed by atoms with Gasteiger partial charge in [-0.2, -0.15) is 5.26 Å². The Hall–Kier alpha value is -2.97. The number of nitrogens with one attached hydrogen (secondary N) is 1. The number of nitriles is 1. The van der Waals surface area contributed by atoms with Gasteiger partial charge < -0.3 is 14.8 Å². The van der Waals surface area contributed by atoms with Crippen LogP contribution in [0.5, 0.6) is 11.5 Å². The molecule has 2 rings (SSSR count). The van der Waals surface area contributed by atoms with E-state index < -0.39 is 5.91 Å². The summed E-state index contributed by atoms with van der Waals surface area (Å²) in [5.41, 5.74) is 2.02. The molecule has 2 aromatic rings. The fourth-order valence-electron chi connectivity index (χ4n) is 2.22.